The Morgan fingerprint density at radius 3 is 2.35 bits per heavy atom. The van der Waals surface area contributed by atoms with E-state index in [1.807, 2.05) is 0 Å². The van der Waals surface area contributed by atoms with Crippen molar-refractivity contribution >= 4 is 0 Å². The average molecular weight is 271 g/mol. The first-order valence-corrected chi connectivity index (χ1v) is 8.71. The van der Waals surface area contributed by atoms with Gasteiger partial charge < -0.3 is 4.57 Å². The summed E-state index contributed by atoms with van der Waals surface area (Å²) in [7, 11) is 0. The van der Waals surface area contributed by atoms with Crippen LogP contribution in [0.5, 0.6) is 0 Å². The minimum absolute atomic E-state index is 0.607. The highest BCUT2D eigenvalue weighted by Gasteiger charge is 2.51. The lowest BCUT2D eigenvalue weighted by molar-refractivity contribution is -0.0536. The standard InChI is InChI=1S/C17H25N3/c1-2-4-20-15(3-1)18-19-16(20)11-17-8-12-5-13(9-17)7-14(6-12)10-17/h12-14H,1-11H2. The van der Waals surface area contributed by atoms with E-state index >= 15 is 0 Å². The molecule has 108 valence electrons. The second kappa shape index (κ2) is 4.08. The van der Waals surface area contributed by atoms with Crippen LogP contribution < -0.4 is 0 Å². The first kappa shape index (κ1) is 11.8. The molecule has 3 heteroatoms. The summed E-state index contributed by atoms with van der Waals surface area (Å²) in [5, 5.41) is 9.05. The van der Waals surface area contributed by atoms with Crippen molar-refractivity contribution in [1.82, 2.24) is 14.8 Å². The molecule has 2 heterocycles. The number of aromatic nitrogens is 3. The van der Waals surface area contributed by atoms with Crippen molar-refractivity contribution < 1.29 is 0 Å². The first-order chi connectivity index (χ1) is 9.80. The van der Waals surface area contributed by atoms with Crippen molar-refractivity contribution in [3.63, 3.8) is 0 Å². The predicted octanol–water partition coefficient (Wildman–Crippen LogP) is 3.37. The molecular weight excluding hydrogens is 246 g/mol. The Balaban J connectivity index is 1.45. The topological polar surface area (TPSA) is 30.7 Å². The number of rotatable bonds is 2. The molecule has 5 aliphatic rings. The third kappa shape index (κ3) is 1.71. The Labute approximate surface area is 121 Å². The normalized spacial score (nSPS) is 41.9. The molecule has 3 nitrogen and oxygen atoms in total. The zero-order valence-corrected chi connectivity index (χ0v) is 12.4. The number of hydrogen-bond acceptors (Lipinski definition) is 2. The van der Waals surface area contributed by atoms with Crippen molar-refractivity contribution in [3.8, 4) is 0 Å². The summed E-state index contributed by atoms with van der Waals surface area (Å²) in [6.45, 7) is 1.17. The second-order valence-electron chi connectivity index (χ2n) is 8.24. The summed E-state index contributed by atoms with van der Waals surface area (Å²) in [5.74, 6) is 5.72. The van der Waals surface area contributed by atoms with Crippen LogP contribution in [0.1, 0.15) is 63.0 Å². The molecule has 1 aromatic rings. The van der Waals surface area contributed by atoms with Crippen LogP contribution in [-0.4, -0.2) is 14.8 Å². The molecule has 0 radical (unpaired) electrons. The molecule has 0 N–H and O–H groups in total. The van der Waals surface area contributed by atoms with Gasteiger partial charge in [-0.3, -0.25) is 0 Å². The molecule has 1 aliphatic heterocycles. The predicted molar refractivity (Wildman–Crippen MR) is 77.3 cm³/mol. The Morgan fingerprint density at radius 2 is 1.65 bits per heavy atom. The monoisotopic (exact) mass is 271 g/mol. The fourth-order valence-corrected chi connectivity index (χ4v) is 6.34. The summed E-state index contributed by atoms with van der Waals surface area (Å²) in [5.41, 5.74) is 0.607. The minimum atomic E-state index is 0.607. The lowest BCUT2D eigenvalue weighted by Gasteiger charge is -2.56. The van der Waals surface area contributed by atoms with E-state index < -0.39 is 0 Å². The number of hydrogen-bond donors (Lipinski definition) is 0. The van der Waals surface area contributed by atoms with Crippen LogP contribution >= 0.6 is 0 Å². The van der Waals surface area contributed by atoms with Gasteiger partial charge in [-0.2, -0.15) is 0 Å². The van der Waals surface area contributed by atoms with Gasteiger partial charge in [0.1, 0.15) is 11.6 Å². The van der Waals surface area contributed by atoms with Crippen molar-refractivity contribution in [1.29, 1.82) is 0 Å². The smallest absolute Gasteiger partial charge is 0.133 e. The van der Waals surface area contributed by atoms with Crippen molar-refractivity contribution in [2.75, 3.05) is 0 Å². The molecule has 0 atom stereocenters. The van der Waals surface area contributed by atoms with Gasteiger partial charge in [-0.15, -0.1) is 10.2 Å². The zero-order valence-electron chi connectivity index (χ0n) is 12.4. The molecule has 4 fully saturated rings. The number of aryl methyl sites for hydroxylation is 1. The van der Waals surface area contributed by atoms with Crippen molar-refractivity contribution in [2.45, 2.75) is 70.8 Å². The van der Waals surface area contributed by atoms with Gasteiger partial charge in [-0.1, -0.05) is 0 Å². The number of nitrogens with zero attached hydrogens (tertiary/aromatic N) is 3. The molecule has 20 heavy (non-hydrogen) atoms. The Kier molecular flexibility index (Phi) is 2.40. The maximum atomic E-state index is 4.59. The van der Waals surface area contributed by atoms with Crippen molar-refractivity contribution in [3.05, 3.63) is 11.6 Å². The van der Waals surface area contributed by atoms with Crippen LogP contribution in [0.25, 0.3) is 0 Å². The highest BCUT2D eigenvalue weighted by Crippen LogP contribution is 2.60. The minimum Gasteiger partial charge on any atom is -0.315 e. The molecule has 0 amide bonds. The molecule has 4 bridgehead atoms. The van der Waals surface area contributed by atoms with Crippen LogP contribution in [0.2, 0.25) is 0 Å². The van der Waals surface area contributed by atoms with E-state index in [0.29, 0.717) is 5.41 Å². The zero-order chi connectivity index (χ0) is 13.2. The quantitative estimate of drug-likeness (QED) is 0.825. The Hall–Kier alpha value is -0.860. The van der Waals surface area contributed by atoms with Gasteiger partial charge in [0, 0.05) is 19.4 Å². The largest absolute Gasteiger partial charge is 0.315 e. The average Bonchev–Trinajstić information content (AvgIpc) is 2.80. The summed E-state index contributed by atoms with van der Waals surface area (Å²) in [6.07, 6.45) is 14.1. The van der Waals surface area contributed by atoms with E-state index in [0.717, 1.165) is 24.2 Å². The van der Waals surface area contributed by atoms with Gasteiger partial charge in [-0.05, 0) is 74.5 Å². The second-order valence-corrected chi connectivity index (χ2v) is 8.24. The molecular formula is C17H25N3. The van der Waals surface area contributed by atoms with E-state index in [1.165, 1.54) is 76.0 Å². The summed E-state index contributed by atoms with van der Waals surface area (Å²) in [4.78, 5) is 0. The molecule has 6 rings (SSSR count). The van der Waals surface area contributed by atoms with E-state index in [2.05, 4.69) is 14.8 Å². The Bertz CT molecular complexity index is 495. The van der Waals surface area contributed by atoms with E-state index in [1.54, 1.807) is 0 Å². The molecule has 1 aromatic heterocycles. The van der Waals surface area contributed by atoms with Gasteiger partial charge in [0.15, 0.2) is 0 Å². The van der Waals surface area contributed by atoms with Gasteiger partial charge in [0.05, 0.1) is 0 Å². The summed E-state index contributed by atoms with van der Waals surface area (Å²) < 4.78 is 2.46. The van der Waals surface area contributed by atoms with E-state index in [-0.39, 0.29) is 0 Å². The maximum absolute atomic E-state index is 4.59. The molecule has 4 saturated carbocycles. The van der Waals surface area contributed by atoms with E-state index in [4.69, 9.17) is 0 Å². The highest BCUT2D eigenvalue weighted by atomic mass is 15.3. The SMILES string of the molecule is C1CCn2c(nnc2CC23CC4CC(CC(C4)C2)C3)C1. The van der Waals surface area contributed by atoms with Gasteiger partial charge in [0.2, 0.25) is 0 Å². The van der Waals surface area contributed by atoms with Crippen LogP contribution in [0, 0.1) is 23.2 Å². The fourth-order valence-electron chi connectivity index (χ4n) is 6.34. The third-order valence-electron chi connectivity index (χ3n) is 6.63. The van der Waals surface area contributed by atoms with E-state index in [9.17, 15) is 0 Å². The number of fused-ring (bicyclic) bond motifs is 1. The molecule has 0 spiro atoms. The molecule has 0 aromatic carbocycles. The Morgan fingerprint density at radius 1 is 0.950 bits per heavy atom. The van der Waals surface area contributed by atoms with Gasteiger partial charge in [0.25, 0.3) is 0 Å². The van der Waals surface area contributed by atoms with Crippen LogP contribution in [-0.2, 0) is 19.4 Å². The van der Waals surface area contributed by atoms with Crippen LogP contribution in [0.4, 0.5) is 0 Å². The summed E-state index contributed by atoms with van der Waals surface area (Å²) >= 11 is 0. The molecule has 0 saturated heterocycles. The third-order valence-corrected chi connectivity index (χ3v) is 6.63. The fraction of sp³-hybridized carbons (Fsp3) is 0.882. The van der Waals surface area contributed by atoms with Crippen LogP contribution in [0.3, 0.4) is 0 Å². The summed E-state index contributed by atoms with van der Waals surface area (Å²) in [6, 6.07) is 0. The lowest BCUT2D eigenvalue weighted by atomic mass is 9.49. The molecule has 0 unspecified atom stereocenters. The first-order valence-electron chi connectivity index (χ1n) is 8.71. The molecule has 4 aliphatic carbocycles. The maximum Gasteiger partial charge on any atom is 0.133 e. The lowest BCUT2D eigenvalue weighted by Crippen LogP contribution is -2.47. The highest BCUT2D eigenvalue weighted by molar-refractivity contribution is 5.08. The van der Waals surface area contributed by atoms with Gasteiger partial charge >= 0.3 is 0 Å². The van der Waals surface area contributed by atoms with Crippen LogP contribution in [0.15, 0.2) is 0 Å². The van der Waals surface area contributed by atoms with Crippen molar-refractivity contribution in [2.24, 2.45) is 23.2 Å². The van der Waals surface area contributed by atoms with Gasteiger partial charge in [-0.25, -0.2) is 0 Å².